The number of nitrogens with one attached hydrogen (secondary N) is 2. The van der Waals surface area contributed by atoms with Gasteiger partial charge in [0.2, 0.25) is 11.8 Å². The molecule has 0 bridgehead atoms. The highest BCUT2D eigenvalue weighted by atomic mass is 32.1. The van der Waals surface area contributed by atoms with Gasteiger partial charge in [-0.3, -0.25) is 14.4 Å². The van der Waals surface area contributed by atoms with Crippen molar-refractivity contribution in [3.63, 3.8) is 0 Å². The lowest BCUT2D eigenvalue weighted by atomic mass is 10.0. The molecule has 0 fully saturated rings. The Bertz CT molecular complexity index is 871. The first-order valence-electron chi connectivity index (χ1n) is 12.0. The van der Waals surface area contributed by atoms with Crippen molar-refractivity contribution in [1.29, 1.82) is 0 Å². The molecular formula is C25H39N3O7S. The summed E-state index contributed by atoms with van der Waals surface area (Å²) in [6.45, 7) is 7.01. The van der Waals surface area contributed by atoms with Crippen LogP contribution in [0.5, 0.6) is 5.75 Å². The van der Waals surface area contributed by atoms with E-state index in [1.807, 2.05) is 0 Å². The summed E-state index contributed by atoms with van der Waals surface area (Å²) in [5.74, 6) is -1.82. The molecule has 0 spiro atoms. The van der Waals surface area contributed by atoms with Gasteiger partial charge in [-0.1, -0.05) is 38.3 Å². The Kier molecular flexibility index (Phi) is 13.1. The number of unbranched alkanes of at least 4 members (excludes halogenated alkanes) is 3. The van der Waals surface area contributed by atoms with Crippen molar-refractivity contribution in [2.45, 2.75) is 71.1 Å². The largest absolute Gasteiger partial charge is 0.508 e. The Morgan fingerprint density at radius 2 is 1.72 bits per heavy atom. The number of methoxy groups -OCH3 is 1. The second-order valence-electron chi connectivity index (χ2n) is 9.26. The molecule has 0 saturated heterocycles. The smallest absolute Gasteiger partial charge is 0.408 e. The number of ether oxygens (including phenoxy) is 2. The van der Waals surface area contributed by atoms with Crippen molar-refractivity contribution in [2.24, 2.45) is 0 Å². The zero-order chi connectivity index (χ0) is 27.3. The minimum atomic E-state index is -1.13. The number of benzene rings is 1. The number of carbonyl (C=O) groups is 4. The molecule has 2 atom stereocenters. The van der Waals surface area contributed by atoms with Gasteiger partial charge in [0.15, 0.2) is 0 Å². The second kappa shape index (κ2) is 15.2. The fourth-order valence-electron chi connectivity index (χ4n) is 3.37. The fraction of sp³-hybridized carbons (Fsp3) is 0.600. The number of hydrogen-bond acceptors (Lipinski definition) is 8. The van der Waals surface area contributed by atoms with Crippen LogP contribution >= 0.6 is 12.6 Å². The van der Waals surface area contributed by atoms with Gasteiger partial charge in [-0.05, 0) is 44.9 Å². The topological polar surface area (TPSA) is 134 Å². The van der Waals surface area contributed by atoms with Gasteiger partial charge in [-0.15, -0.1) is 0 Å². The lowest BCUT2D eigenvalue weighted by Crippen LogP contribution is -2.54. The van der Waals surface area contributed by atoms with Crippen LogP contribution in [0, 0.1) is 0 Å². The van der Waals surface area contributed by atoms with Gasteiger partial charge in [-0.2, -0.15) is 12.6 Å². The quantitative estimate of drug-likeness (QED) is 0.177. The van der Waals surface area contributed by atoms with Crippen molar-refractivity contribution in [1.82, 2.24) is 15.5 Å². The highest BCUT2D eigenvalue weighted by Crippen LogP contribution is 2.25. The van der Waals surface area contributed by atoms with E-state index in [0.29, 0.717) is 12.0 Å². The number of amides is 3. The molecule has 0 heterocycles. The van der Waals surface area contributed by atoms with Gasteiger partial charge in [0, 0.05) is 12.3 Å². The van der Waals surface area contributed by atoms with E-state index in [1.165, 1.54) is 36.3 Å². The van der Waals surface area contributed by atoms with Crippen molar-refractivity contribution in [2.75, 3.05) is 26.0 Å². The average Bonchev–Trinajstić information content (AvgIpc) is 2.82. The third-order valence-electron chi connectivity index (χ3n) is 5.11. The molecule has 3 N–H and O–H groups in total. The van der Waals surface area contributed by atoms with Gasteiger partial charge < -0.3 is 30.1 Å². The molecule has 11 heteroatoms. The monoisotopic (exact) mass is 525 g/mol. The molecule has 1 aromatic carbocycles. The number of alkyl carbamates (subject to hydrolysis) is 1. The number of hydrogen-bond donors (Lipinski definition) is 4. The molecule has 3 amide bonds. The fourth-order valence-corrected chi connectivity index (χ4v) is 3.62. The Morgan fingerprint density at radius 3 is 2.25 bits per heavy atom. The van der Waals surface area contributed by atoms with E-state index in [0.717, 1.165) is 19.3 Å². The predicted octanol–water partition coefficient (Wildman–Crippen LogP) is 2.95. The first-order chi connectivity index (χ1) is 16.9. The Balaban J connectivity index is 3.35. The normalized spacial score (nSPS) is 12.7. The van der Waals surface area contributed by atoms with E-state index in [9.17, 15) is 24.3 Å². The van der Waals surface area contributed by atoms with Crippen molar-refractivity contribution in [3.05, 3.63) is 29.8 Å². The number of phenolic OH excluding ortho intramolecular Hbond substituents is 1. The molecule has 1 rings (SSSR count). The molecule has 10 nitrogen and oxygen atoms in total. The van der Waals surface area contributed by atoms with Crippen LogP contribution in [0.4, 0.5) is 4.79 Å². The first-order valence-corrected chi connectivity index (χ1v) is 12.6. The summed E-state index contributed by atoms with van der Waals surface area (Å²) in [6, 6.07) is 3.67. The molecule has 0 aliphatic carbocycles. The van der Waals surface area contributed by atoms with Crippen LogP contribution in [0.2, 0.25) is 0 Å². The van der Waals surface area contributed by atoms with E-state index >= 15 is 0 Å². The maximum Gasteiger partial charge on any atom is 0.408 e. The maximum absolute atomic E-state index is 13.7. The number of aromatic hydroxyl groups is 1. The van der Waals surface area contributed by atoms with Crippen LogP contribution in [0.15, 0.2) is 24.3 Å². The molecule has 1 aromatic rings. The molecule has 0 aliphatic heterocycles. The zero-order valence-electron chi connectivity index (χ0n) is 21.7. The van der Waals surface area contributed by atoms with E-state index in [4.69, 9.17) is 4.74 Å². The number of phenols is 1. The number of thiol groups is 1. The van der Waals surface area contributed by atoms with E-state index < -0.39 is 41.6 Å². The van der Waals surface area contributed by atoms with Crippen LogP contribution in [0.3, 0.4) is 0 Å². The minimum absolute atomic E-state index is 0.00637. The van der Waals surface area contributed by atoms with E-state index in [2.05, 4.69) is 34.9 Å². The highest BCUT2D eigenvalue weighted by Gasteiger charge is 2.35. The van der Waals surface area contributed by atoms with Gasteiger partial charge in [0.1, 0.15) is 30.0 Å². The van der Waals surface area contributed by atoms with E-state index in [1.54, 1.807) is 20.8 Å². The highest BCUT2D eigenvalue weighted by molar-refractivity contribution is 7.80. The van der Waals surface area contributed by atoms with Crippen LogP contribution in [0.1, 0.15) is 65.0 Å². The summed E-state index contributed by atoms with van der Waals surface area (Å²) in [7, 11) is 1.20. The standard InChI is InChI=1S/C25H39N3O7S/c1-6-7-8-9-14-28(23(32)19(16-36)27-24(33)35-25(2,3)4)21(17-10-12-18(29)13-11-17)22(31)26-15-20(30)34-5/h10-13,19,21,29,36H,6-9,14-16H2,1-5H3,(H,26,31)(H,27,33). The summed E-state index contributed by atoms with van der Waals surface area (Å²) >= 11 is 4.25. The number of carbonyl (C=O) groups excluding carboxylic acids is 4. The molecule has 0 aliphatic rings. The Morgan fingerprint density at radius 1 is 1.08 bits per heavy atom. The average molecular weight is 526 g/mol. The molecule has 0 aromatic heterocycles. The summed E-state index contributed by atoms with van der Waals surface area (Å²) < 4.78 is 9.88. The van der Waals surface area contributed by atoms with Crippen LogP contribution in [-0.2, 0) is 23.9 Å². The summed E-state index contributed by atoms with van der Waals surface area (Å²) in [4.78, 5) is 52.4. The van der Waals surface area contributed by atoms with Crippen LogP contribution in [0.25, 0.3) is 0 Å². The first kappa shape index (κ1) is 31.1. The van der Waals surface area contributed by atoms with Crippen LogP contribution < -0.4 is 10.6 Å². The lowest BCUT2D eigenvalue weighted by Gasteiger charge is -2.34. The molecule has 2 unspecified atom stereocenters. The predicted molar refractivity (Wildman–Crippen MR) is 139 cm³/mol. The Hall–Kier alpha value is -2.95. The second-order valence-corrected chi connectivity index (χ2v) is 9.63. The minimum Gasteiger partial charge on any atom is -0.508 e. The maximum atomic E-state index is 13.7. The Labute approximate surface area is 218 Å². The van der Waals surface area contributed by atoms with Crippen LogP contribution in [-0.4, -0.2) is 71.5 Å². The third-order valence-corrected chi connectivity index (χ3v) is 5.48. The molecule has 36 heavy (non-hydrogen) atoms. The summed E-state index contributed by atoms with van der Waals surface area (Å²) in [6.07, 6.45) is 2.60. The number of nitrogens with zero attached hydrogens (tertiary/aromatic N) is 1. The zero-order valence-corrected chi connectivity index (χ0v) is 22.6. The van der Waals surface area contributed by atoms with Crippen molar-refractivity contribution >= 4 is 36.5 Å². The van der Waals surface area contributed by atoms with Crippen molar-refractivity contribution in [3.8, 4) is 5.75 Å². The molecule has 202 valence electrons. The molecule has 0 saturated carbocycles. The van der Waals surface area contributed by atoms with Gasteiger partial charge in [-0.25, -0.2) is 4.79 Å². The van der Waals surface area contributed by atoms with E-state index in [-0.39, 0.29) is 24.6 Å². The molecule has 0 radical (unpaired) electrons. The van der Waals surface area contributed by atoms with Gasteiger partial charge in [0.25, 0.3) is 0 Å². The lowest BCUT2D eigenvalue weighted by molar-refractivity contribution is -0.144. The third kappa shape index (κ3) is 10.8. The number of esters is 1. The SMILES string of the molecule is CCCCCCN(C(=O)C(CS)NC(=O)OC(C)(C)C)C(C(=O)NCC(=O)OC)c1ccc(O)cc1. The summed E-state index contributed by atoms with van der Waals surface area (Å²) in [5.41, 5.74) is -0.342. The summed E-state index contributed by atoms with van der Waals surface area (Å²) in [5, 5.41) is 14.8. The van der Waals surface area contributed by atoms with Crippen molar-refractivity contribution < 1.29 is 33.8 Å². The number of rotatable bonds is 13. The van der Waals surface area contributed by atoms with Gasteiger partial charge in [0.05, 0.1) is 7.11 Å². The molecular weight excluding hydrogens is 486 g/mol. The van der Waals surface area contributed by atoms with Gasteiger partial charge >= 0.3 is 12.1 Å².